The molecule has 0 fully saturated rings. The number of hydrogen-bond acceptors (Lipinski definition) is 4. The molecule has 0 saturated carbocycles. The molecule has 1 rings (SSSR count). The van der Waals surface area contributed by atoms with E-state index in [1.54, 1.807) is 17.8 Å². The van der Waals surface area contributed by atoms with Gasteiger partial charge in [0.15, 0.2) is 5.82 Å². The van der Waals surface area contributed by atoms with Crippen LogP contribution in [-0.4, -0.2) is 26.2 Å². The van der Waals surface area contributed by atoms with E-state index >= 15 is 0 Å². The third-order valence-corrected chi connectivity index (χ3v) is 2.73. The van der Waals surface area contributed by atoms with Crippen molar-refractivity contribution >= 4 is 5.91 Å². The first kappa shape index (κ1) is 12.6. The van der Waals surface area contributed by atoms with Crippen molar-refractivity contribution in [3.05, 3.63) is 12.2 Å². The van der Waals surface area contributed by atoms with E-state index in [2.05, 4.69) is 15.5 Å². The highest BCUT2D eigenvalue weighted by Crippen LogP contribution is 2.11. The lowest BCUT2D eigenvalue weighted by Gasteiger charge is -2.24. The lowest BCUT2D eigenvalue weighted by molar-refractivity contribution is -0.126. The van der Waals surface area contributed by atoms with Crippen LogP contribution in [0.2, 0.25) is 0 Å². The van der Waals surface area contributed by atoms with Gasteiger partial charge in [0, 0.05) is 7.05 Å². The monoisotopic (exact) mass is 225 g/mol. The largest absolute Gasteiger partial charge is 0.345 e. The van der Waals surface area contributed by atoms with E-state index in [9.17, 15) is 4.79 Å². The van der Waals surface area contributed by atoms with Crippen LogP contribution in [0.5, 0.6) is 0 Å². The molecule has 6 heteroatoms. The van der Waals surface area contributed by atoms with E-state index in [1.165, 1.54) is 0 Å². The third-order valence-electron chi connectivity index (χ3n) is 2.73. The second kappa shape index (κ2) is 4.61. The average Bonchev–Trinajstić information content (AvgIpc) is 2.64. The Morgan fingerprint density at radius 2 is 2.38 bits per heavy atom. The molecule has 0 aromatic carbocycles. The summed E-state index contributed by atoms with van der Waals surface area (Å²) in [4.78, 5) is 11.8. The molecule has 6 nitrogen and oxygen atoms in total. The van der Waals surface area contributed by atoms with Gasteiger partial charge in [0.1, 0.15) is 6.33 Å². The molecule has 0 bridgehead atoms. The van der Waals surface area contributed by atoms with Crippen molar-refractivity contribution in [1.82, 2.24) is 20.1 Å². The quantitative estimate of drug-likeness (QED) is 0.762. The molecule has 1 aromatic heterocycles. The molecule has 0 saturated heterocycles. The van der Waals surface area contributed by atoms with Crippen LogP contribution in [0.1, 0.15) is 39.1 Å². The Bertz CT molecular complexity index is 371. The zero-order valence-corrected chi connectivity index (χ0v) is 10.2. The number of nitrogens with two attached hydrogens (primary N) is 1. The Kier molecular flexibility index (Phi) is 3.64. The molecule has 2 unspecified atom stereocenters. The molecule has 0 radical (unpaired) electrons. The standard InChI is InChI=1S/C10H19N5O/c1-5-10(3,11)9(16)13-7(2)8-14-12-6-15(8)4/h6-7H,5,11H2,1-4H3,(H,13,16). The second-order valence-electron chi connectivity index (χ2n) is 4.27. The van der Waals surface area contributed by atoms with Gasteiger partial charge in [-0.3, -0.25) is 4.79 Å². The Labute approximate surface area is 95.2 Å². The first-order chi connectivity index (χ1) is 7.38. The van der Waals surface area contributed by atoms with Gasteiger partial charge in [-0.15, -0.1) is 10.2 Å². The van der Waals surface area contributed by atoms with Gasteiger partial charge in [-0.2, -0.15) is 0 Å². The van der Waals surface area contributed by atoms with Crippen LogP contribution in [0.25, 0.3) is 0 Å². The van der Waals surface area contributed by atoms with Gasteiger partial charge in [-0.05, 0) is 20.3 Å². The molecule has 0 aliphatic heterocycles. The zero-order valence-electron chi connectivity index (χ0n) is 10.2. The van der Waals surface area contributed by atoms with Crippen molar-refractivity contribution in [1.29, 1.82) is 0 Å². The van der Waals surface area contributed by atoms with Crippen molar-refractivity contribution in [3.63, 3.8) is 0 Å². The van der Waals surface area contributed by atoms with Gasteiger partial charge < -0.3 is 15.6 Å². The highest BCUT2D eigenvalue weighted by Gasteiger charge is 2.28. The second-order valence-corrected chi connectivity index (χ2v) is 4.27. The van der Waals surface area contributed by atoms with Crippen LogP contribution in [0.15, 0.2) is 6.33 Å². The number of nitrogens with one attached hydrogen (secondary N) is 1. The van der Waals surface area contributed by atoms with Crippen LogP contribution < -0.4 is 11.1 Å². The number of rotatable bonds is 4. The predicted octanol–water partition coefficient (Wildman–Crippen LogP) is 0.120. The van der Waals surface area contributed by atoms with E-state index in [0.717, 1.165) is 0 Å². The Balaban J connectivity index is 2.69. The van der Waals surface area contributed by atoms with Crippen LogP contribution in [0.3, 0.4) is 0 Å². The van der Waals surface area contributed by atoms with E-state index < -0.39 is 5.54 Å². The van der Waals surface area contributed by atoms with Gasteiger partial charge in [0.25, 0.3) is 0 Å². The third kappa shape index (κ3) is 2.57. The topological polar surface area (TPSA) is 85.8 Å². The Hall–Kier alpha value is -1.43. The van der Waals surface area contributed by atoms with Crippen LogP contribution in [-0.2, 0) is 11.8 Å². The van der Waals surface area contributed by atoms with Crippen LogP contribution in [0, 0.1) is 0 Å². The molecule has 0 aliphatic carbocycles. The minimum Gasteiger partial charge on any atom is -0.345 e. The molecule has 1 aromatic rings. The SMILES string of the molecule is CCC(C)(N)C(=O)NC(C)c1nncn1C. The Morgan fingerprint density at radius 1 is 1.75 bits per heavy atom. The van der Waals surface area contributed by atoms with Gasteiger partial charge in [0.2, 0.25) is 5.91 Å². The van der Waals surface area contributed by atoms with Crippen molar-refractivity contribution in [2.75, 3.05) is 0 Å². The first-order valence-corrected chi connectivity index (χ1v) is 5.32. The molecule has 0 aliphatic rings. The fourth-order valence-electron chi connectivity index (χ4n) is 1.27. The number of hydrogen-bond donors (Lipinski definition) is 2. The minimum absolute atomic E-state index is 0.175. The molecule has 1 heterocycles. The summed E-state index contributed by atoms with van der Waals surface area (Å²) < 4.78 is 1.77. The maximum absolute atomic E-state index is 11.8. The molecule has 16 heavy (non-hydrogen) atoms. The molecule has 0 spiro atoms. The van der Waals surface area contributed by atoms with E-state index in [-0.39, 0.29) is 11.9 Å². The number of aromatic nitrogens is 3. The molecule has 3 N–H and O–H groups in total. The van der Waals surface area contributed by atoms with Crippen molar-refractivity contribution in [2.45, 2.75) is 38.8 Å². The highest BCUT2D eigenvalue weighted by molar-refractivity contribution is 5.85. The van der Waals surface area contributed by atoms with Gasteiger partial charge in [0.05, 0.1) is 11.6 Å². The summed E-state index contributed by atoms with van der Waals surface area (Å²) in [6, 6.07) is -0.200. The molecular formula is C10H19N5O. The summed E-state index contributed by atoms with van der Waals surface area (Å²) in [5.41, 5.74) is 5.00. The minimum atomic E-state index is -0.840. The summed E-state index contributed by atoms with van der Waals surface area (Å²) in [5.74, 6) is 0.533. The maximum atomic E-state index is 11.8. The molecule has 90 valence electrons. The van der Waals surface area contributed by atoms with Crippen molar-refractivity contribution in [3.8, 4) is 0 Å². The van der Waals surface area contributed by atoms with Gasteiger partial charge in [-0.1, -0.05) is 6.92 Å². The van der Waals surface area contributed by atoms with Gasteiger partial charge >= 0.3 is 0 Å². The predicted molar refractivity (Wildman–Crippen MR) is 60.4 cm³/mol. The first-order valence-electron chi connectivity index (χ1n) is 5.32. The normalized spacial score (nSPS) is 16.6. The van der Waals surface area contributed by atoms with Crippen molar-refractivity contribution < 1.29 is 4.79 Å². The van der Waals surface area contributed by atoms with Crippen molar-refractivity contribution in [2.24, 2.45) is 12.8 Å². The zero-order chi connectivity index (χ0) is 12.3. The smallest absolute Gasteiger partial charge is 0.240 e. The number of carbonyl (C=O) groups excluding carboxylic acids is 1. The molecular weight excluding hydrogens is 206 g/mol. The summed E-state index contributed by atoms with van der Waals surface area (Å²) in [5, 5.41) is 10.5. The highest BCUT2D eigenvalue weighted by atomic mass is 16.2. The Morgan fingerprint density at radius 3 is 2.81 bits per heavy atom. The number of carbonyl (C=O) groups is 1. The summed E-state index contributed by atoms with van der Waals surface area (Å²) >= 11 is 0. The summed E-state index contributed by atoms with van der Waals surface area (Å²) in [7, 11) is 1.83. The lowest BCUT2D eigenvalue weighted by Crippen LogP contribution is -2.51. The number of nitrogens with zero attached hydrogens (tertiary/aromatic N) is 3. The molecule has 2 atom stereocenters. The number of aryl methyl sites for hydroxylation is 1. The summed E-state index contributed by atoms with van der Waals surface area (Å²) in [6.45, 7) is 5.45. The van der Waals surface area contributed by atoms with E-state index in [4.69, 9.17) is 5.73 Å². The van der Waals surface area contributed by atoms with Crippen LogP contribution in [0.4, 0.5) is 0 Å². The average molecular weight is 225 g/mol. The van der Waals surface area contributed by atoms with Crippen LogP contribution >= 0.6 is 0 Å². The fraction of sp³-hybridized carbons (Fsp3) is 0.700. The van der Waals surface area contributed by atoms with Gasteiger partial charge in [-0.25, -0.2) is 0 Å². The summed E-state index contributed by atoms with van der Waals surface area (Å²) in [6.07, 6.45) is 2.18. The lowest BCUT2D eigenvalue weighted by atomic mass is 9.99. The maximum Gasteiger partial charge on any atom is 0.240 e. The number of amides is 1. The van der Waals surface area contributed by atoms with E-state index in [0.29, 0.717) is 12.2 Å². The molecule has 1 amide bonds. The van der Waals surface area contributed by atoms with E-state index in [1.807, 2.05) is 20.9 Å². The fourth-order valence-corrected chi connectivity index (χ4v) is 1.27.